The van der Waals surface area contributed by atoms with Gasteiger partial charge in [-0.25, -0.2) is 0 Å². The summed E-state index contributed by atoms with van der Waals surface area (Å²) in [6, 6.07) is 8.49. The van der Waals surface area contributed by atoms with Crippen LogP contribution in [0.4, 0.5) is 0 Å². The van der Waals surface area contributed by atoms with Crippen molar-refractivity contribution in [2.45, 2.75) is 20.0 Å². The van der Waals surface area contributed by atoms with E-state index in [9.17, 15) is 0 Å². The van der Waals surface area contributed by atoms with E-state index in [-0.39, 0.29) is 30.1 Å². The first-order chi connectivity index (χ1) is 12.8. The number of nitrogens with one attached hydrogen (secondary N) is 1. The Morgan fingerprint density at radius 3 is 2.70 bits per heavy atom. The third-order valence-corrected chi connectivity index (χ3v) is 5.02. The van der Waals surface area contributed by atoms with Crippen molar-refractivity contribution in [2.24, 2.45) is 4.99 Å². The normalized spacial score (nSPS) is 21.6. The molecule has 2 fully saturated rings. The summed E-state index contributed by atoms with van der Waals surface area (Å²) in [6.45, 7) is 13.1. The molecule has 1 atom stereocenters. The van der Waals surface area contributed by atoms with Crippen molar-refractivity contribution in [1.29, 1.82) is 0 Å². The van der Waals surface area contributed by atoms with E-state index in [1.54, 1.807) is 0 Å². The largest absolute Gasteiger partial charge is 0.379 e. The quantitative estimate of drug-likeness (QED) is 0.392. The number of aryl methyl sites for hydroxylation is 1. The summed E-state index contributed by atoms with van der Waals surface area (Å²) in [6.07, 6.45) is 0.105. The number of ether oxygens (including phenoxy) is 2. The Hall–Kier alpha value is -0.900. The molecule has 2 saturated heterocycles. The molecule has 27 heavy (non-hydrogen) atoms. The molecule has 0 radical (unpaired) electrons. The SMILES string of the molecule is CCNC(=NCCN1CCOCC1)N1CCOC(c2ccccc2C)C1.I. The minimum Gasteiger partial charge on any atom is -0.379 e. The van der Waals surface area contributed by atoms with Crippen LogP contribution >= 0.6 is 24.0 Å². The lowest BCUT2D eigenvalue weighted by molar-refractivity contribution is -0.00837. The highest BCUT2D eigenvalue weighted by atomic mass is 127. The average Bonchev–Trinajstić information content (AvgIpc) is 2.69. The molecule has 6 nitrogen and oxygen atoms in total. The molecule has 1 aromatic carbocycles. The summed E-state index contributed by atoms with van der Waals surface area (Å²) in [4.78, 5) is 9.63. The van der Waals surface area contributed by atoms with Gasteiger partial charge in [-0.05, 0) is 25.0 Å². The molecule has 3 rings (SSSR count). The summed E-state index contributed by atoms with van der Waals surface area (Å²) in [5.41, 5.74) is 2.56. The zero-order chi connectivity index (χ0) is 18.2. The van der Waals surface area contributed by atoms with E-state index in [2.05, 4.69) is 53.2 Å². The highest BCUT2D eigenvalue weighted by molar-refractivity contribution is 14.0. The fourth-order valence-corrected chi connectivity index (χ4v) is 3.53. The van der Waals surface area contributed by atoms with Crippen molar-refractivity contribution in [3.8, 4) is 0 Å². The van der Waals surface area contributed by atoms with Crippen molar-refractivity contribution >= 4 is 29.9 Å². The molecule has 0 amide bonds. The first kappa shape index (κ1) is 22.4. The van der Waals surface area contributed by atoms with Gasteiger partial charge in [0, 0.05) is 32.7 Å². The van der Waals surface area contributed by atoms with Gasteiger partial charge in [-0.15, -0.1) is 24.0 Å². The molecule has 152 valence electrons. The number of benzene rings is 1. The second-order valence-electron chi connectivity index (χ2n) is 6.85. The van der Waals surface area contributed by atoms with Crippen molar-refractivity contribution in [3.05, 3.63) is 35.4 Å². The van der Waals surface area contributed by atoms with E-state index in [1.165, 1.54) is 11.1 Å². The smallest absolute Gasteiger partial charge is 0.194 e. The molecule has 0 bridgehead atoms. The lowest BCUT2D eigenvalue weighted by atomic mass is 10.0. The zero-order valence-corrected chi connectivity index (χ0v) is 18.9. The summed E-state index contributed by atoms with van der Waals surface area (Å²) >= 11 is 0. The Morgan fingerprint density at radius 2 is 1.96 bits per heavy atom. The van der Waals surface area contributed by atoms with Gasteiger partial charge in [0.25, 0.3) is 0 Å². The van der Waals surface area contributed by atoms with Gasteiger partial charge < -0.3 is 19.7 Å². The minimum atomic E-state index is 0. The Labute approximate surface area is 180 Å². The highest BCUT2D eigenvalue weighted by Gasteiger charge is 2.25. The van der Waals surface area contributed by atoms with Crippen molar-refractivity contribution in [2.75, 3.05) is 65.6 Å². The maximum absolute atomic E-state index is 6.06. The summed E-state index contributed by atoms with van der Waals surface area (Å²) in [7, 11) is 0. The molecule has 0 aliphatic carbocycles. The van der Waals surface area contributed by atoms with Gasteiger partial charge >= 0.3 is 0 Å². The number of aliphatic imine (C=N–C) groups is 1. The van der Waals surface area contributed by atoms with Gasteiger partial charge in [0.15, 0.2) is 5.96 Å². The van der Waals surface area contributed by atoms with Gasteiger partial charge in [-0.3, -0.25) is 9.89 Å². The molecule has 2 aliphatic heterocycles. The second kappa shape index (κ2) is 11.8. The number of nitrogens with zero attached hydrogens (tertiary/aromatic N) is 3. The third-order valence-electron chi connectivity index (χ3n) is 5.02. The van der Waals surface area contributed by atoms with Gasteiger partial charge in [0.05, 0.1) is 32.9 Å². The molecule has 0 aromatic heterocycles. The Morgan fingerprint density at radius 1 is 1.19 bits per heavy atom. The number of halogens is 1. The number of morpholine rings is 2. The van der Waals surface area contributed by atoms with E-state index < -0.39 is 0 Å². The lowest BCUT2D eigenvalue weighted by Crippen LogP contribution is -2.48. The molecule has 2 heterocycles. The van der Waals surface area contributed by atoms with Crippen LogP contribution in [0.2, 0.25) is 0 Å². The third kappa shape index (κ3) is 6.58. The van der Waals surface area contributed by atoms with E-state index in [0.717, 1.165) is 71.6 Å². The van der Waals surface area contributed by atoms with Crippen LogP contribution in [0.15, 0.2) is 29.3 Å². The monoisotopic (exact) mass is 488 g/mol. The van der Waals surface area contributed by atoms with Gasteiger partial charge in [0.2, 0.25) is 0 Å². The Kier molecular flexibility index (Phi) is 9.81. The Balaban J connectivity index is 0.00000261. The highest BCUT2D eigenvalue weighted by Crippen LogP contribution is 2.24. The Bertz CT molecular complexity index is 593. The van der Waals surface area contributed by atoms with Crippen LogP contribution in [0.25, 0.3) is 0 Å². The number of rotatable bonds is 5. The molecule has 0 spiro atoms. The fraction of sp³-hybridized carbons (Fsp3) is 0.650. The molecule has 0 saturated carbocycles. The van der Waals surface area contributed by atoms with Crippen LogP contribution in [-0.4, -0.2) is 81.4 Å². The van der Waals surface area contributed by atoms with Crippen molar-refractivity contribution < 1.29 is 9.47 Å². The molecule has 1 unspecified atom stereocenters. The molecule has 2 aliphatic rings. The molecule has 1 aromatic rings. The van der Waals surface area contributed by atoms with Crippen molar-refractivity contribution in [1.82, 2.24) is 15.1 Å². The number of hydrogen-bond donors (Lipinski definition) is 1. The van der Waals surface area contributed by atoms with Crippen LogP contribution in [0, 0.1) is 6.92 Å². The van der Waals surface area contributed by atoms with Crippen LogP contribution in [-0.2, 0) is 9.47 Å². The maximum Gasteiger partial charge on any atom is 0.194 e. The fourth-order valence-electron chi connectivity index (χ4n) is 3.53. The summed E-state index contributed by atoms with van der Waals surface area (Å²) < 4.78 is 11.5. The van der Waals surface area contributed by atoms with E-state index >= 15 is 0 Å². The van der Waals surface area contributed by atoms with Gasteiger partial charge in [-0.1, -0.05) is 24.3 Å². The maximum atomic E-state index is 6.06. The van der Waals surface area contributed by atoms with E-state index in [4.69, 9.17) is 14.5 Å². The molecule has 7 heteroatoms. The minimum absolute atomic E-state index is 0. The van der Waals surface area contributed by atoms with Crippen LogP contribution in [0.3, 0.4) is 0 Å². The first-order valence-electron chi connectivity index (χ1n) is 9.78. The van der Waals surface area contributed by atoms with Crippen LogP contribution in [0.5, 0.6) is 0 Å². The number of guanidine groups is 1. The summed E-state index contributed by atoms with van der Waals surface area (Å²) in [5.74, 6) is 1.00. The predicted octanol–water partition coefficient (Wildman–Crippen LogP) is 2.28. The van der Waals surface area contributed by atoms with Gasteiger partial charge in [0.1, 0.15) is 6.10 Å². The average molecular weight is 488 g/mol. The first-order valence-corrected chi connectivity index (χ1v) is 9.78. The predicted molar refractivity (Wildman–Crippen MR) is 120 cm³/mol. The molecular formula is C20H33IN4O2. The zero-order valence-electron chi connectivity index (χ0n) is 16.5. The van der Waals surface area contributed by atoms with Gasteiger partial charge in [-0.2, -0.15) is 0 Å². The van der Waals surface area contributed by atoms with Crippen molar-refractivity contribution in [3.63, 3.8) is 0 Å². The lowest BCUT2D eigenvalue weighted by Gasteiger charge is -2.36. The topological polar surface area (TPSA) is 49.3 Å². The van der Waals surface area contributed by atoms with Crippen LogP contribution < -0.4 is 5.32 Å². The second-order valence-corrected chi connectivity index (χ2v) is 6.85. The number of hydrogen-bond acceptors (Lipinski definition) is 4. The molecular weight excluding hydrogens is 455 g/mol. The van der Waals surface area contributed by atoms with E-state index in [1.807, 2.05) is 0 Å². The standard InChI is InChI=1S/C20H32N4O2.HI/c1-3-21-20(22-8-9-23-10-13-25-14-11-23)24-12-15-26-19(16-24)18-7-5-4-6-17(18)2;/h4-7,19H,3,8-16H2,1-2H3,(H,21,22);1H. The molecule has 1 N–H and O–H groups in total. The van der Waals surface area contributed by atoms with E-state index in [0.29, 0.717) is 0 Å². The summed E-state index contributed by atoms with van der Waals surface area (Å²) in [5, 5.41) is 3.45. The van der Waals surface area contributed by atoms with Crippen LogP contribution in [0.1, 0.15) is 24.2 Å².